The van der Waals surface area contributed by atoms with Crippen molar-refractivity contribution in [2.24, 2.45) is 0 Å². The summed E-state index contributed by atoms with van der Waals surface area (Å²) < 4.78 is 10.5. The van der Waals surface area contributed by atoms with Crippen molar-refractivity contribution in [3.8, 4) is 6.01 Å². The number of nitrogens with one attached hydrogen (secondary N) is 3. The summed E-state index contributed by atoms with van der Waals surface area (Å²) in [6, 6.07) is 4.06. The molecule has 1 amide bonds. The maximum Gasteiger partial charge on any atom is 0.407 e. The Balaban J connectivity index is 1.55. The summed E-state index contributed by atoms with van der Waals surface area (Å²) >= 11 is 0. The molecule has 0 bridgehead atoms. The van der Waals surface area contributed by atoms with Crippen LogP contribution < -0.4 is 15.4 Å². The molecule has 0 radical (unpaired) electrons. The monoisotopic (exact) mass is 360 g/mol. The number of carbonyl (C=O) groups excluding carboxylic acids is 1. The summed E-state index contributed by atoms with van der Waals surface area (Å²) in [5.74, 6) is 1.56. The molecule has 1 aliphatic rings. The molecule has 2 heterocycles. The maximum absolute atomic E-state index is 11.7. The minimum Gasteiger partial charge on any atom is -0.467 e. The summed E-state index contributed by atoms with van der Waals surface area (Å²) in [6.45, 7) is 3.82. The van der Waals surface area contributed by atoms with Gasteiger partial charge in [0.1, 0.15) is 11.9 Å². The lowest BCUT2D eigenvalue weighted by Crippen LogP contribution is -2.33. The standard InChI is InChI=1S/C17H24N6O3/c1-10(2)19-17(24)26-12-5-4-11(8-12)13-9-15(23-22-13)20-14-6-7-18-16(21-14)25-3/h6-7,9-12H,4-5,8H2,1-3H3,(H,19,24)(H2,18,20,21,22,23)/t11-,12+/m0/s1. The third-order valence-electron chi connectivity index (χ3n) is 4.17. The molecule has 2 aromatic heterocycles. The van der Waals surface area contributed by atoms with Crippen LogP contribution in [0.5, 0.6) is 6.01 Å². The fraction of sp³-hybridized carbons (Fsp3) is 0.529. The molecule has 9 heteroatoms. The van der Waals surface area contributed by atoms with Crippen LogP contribution in [0.25, 0.3) is 0 Å². The van der Waals surface area contributed by atoms with Gasteiger partial charge < -0.3 is 20.1 Å². The van der Waals surface area contributed by atoms with Crippen molar-refractivity contribution in [2.45, 2.75) is 51.2 Å². The van der Waals surface area contributed by atoms with Crippen LogP contribution in [-0.4, -0.2) is 45.5 Å². The Bertz CT molecular complexity index is 748. The van der Waals surface area contributed by atoms with E-state index in [1.807, 2.05) is 19.9 Å². The number of hydrogen-bond acceptors (Lipinski definition) is 7. The summed E-state index contributed by atoms with van der Waals surface area (Å²) in [4.78, 5) is 19.9. The van der Waals surface area contributed by atoms with Gasteiger partial charge in [-0.3, -0.25) is 5.10 Å². The van der Waals surface area contributed by atoms with E-state index in [4.69, 9.17) is 9.47 Å². The van der Waals surface area contributed by atoms with E-state index in [1.54, 1.807) is 12.3 Å². The summed E-state index contributed by atoms with van der Waals surface area (Å²) in [6.07, 6.45) is 3.78. The topological polar surface area (TPSA) is 114 Å². The molecule has 2 atom stereocenters. The molecule has 1 fully saturated rings. The highest BCUT2D eigenvalue weighted by Crippen LogP contribution is 2.36. The van der Waals surface area contributed by atoms with Crippen molar-refractivity contribution < 1.29 is 14.3 Å². The van der Waals surface area contributed by atoms with Gasteiger partial charge in [-0.15, -0.1) is 0 Å². The average Bonchev–Trinajstić information content (AvgIpc) is 3.23. The molecule has 3 rings (SSSR count). The Morgan fingerprint density at radius 2 is 2.19 bits per heavy atom. The second-order valence-electron chi connectivity index (χ2n) is 6.60. The number of alkyl carbamates (subject to hydrolysis) is 1. The Hall–Kier alpha value is -2.84. The summed E-state index contributed by atoms with van der Waals surface area (Å²) in [5, 5.41) is 13.2. The van der Waals surface area contributed by atoms with E-state index in [-0.39, 0.29) is 24.2 Å². The predicted molar refractivity (Wildman–Crippen MR) is 95.6 cm³/mol. The molecule has 26 heavy (non-hydrogen) atoms. The van der Waals surface area contributed by atoms with Gasteiger partial charge in [0.25, 0.3) is 0 Å². The average molecular weight is 360 g/mol. The zero-order valence-corrected chi connectivity index (χ0v) is 15.2. The van der Waals surface area contributed by atoms with Crippen molar-refractivity contribution in [3.63, 3.8) is 0 Å². The molecule has 2 aromatic rings. The van der Waals surface area contributed by atoms with E-state index in [9.17, 15) is 4.79 Å². The number of carbonyl (C=O) groups is 1. The van der Waals surface area contributed by atoms with E-state index in [2.05, 4.69) is 30.8 Å². The zero-order valence-electron chi connectivity index (χ0n) is 15.2. The molecule has 0 aliphatic heterocycles. The van der Waals surface area contributed by atoms with E-state index in [0.717, 1.165) is 25.0 Å². The van der Waals surface area contributed by atoms with Crippen molar-refractivity contribution in [3.05, 3.63) is 24.0 Å². The molecule has 9 nitrogen and oxygen atoms in total. The molecule has 0 saturated heterocycles. The number of methoxy groups -OCH3 is 1. The number of aromatic nitrogens is 4. The van der Waals surface area contributed by atoms with Gasteiger partial charge >= 0.3 is 12.1 Å². The highest BCUT2D eigenvalue weighted by atomic mass is 16.6. The van der Waals surface area contributed by atoms with Gasteiger partial charge in [-0.25, -0.2) is 9.78 Å². The molecule has 0 spiro atoms. The molecular weight excluding hydrogens is 336 g/mol. The van der Waals surface area contributed by atoms with Crippen LogP contribution in [0.1, 0.15) is 44.7 Å². The SMILES string of the molecule is COc1nccc(Nc2cc([C@H]3CC[C@@H](OC(=O)NC(C)C)C3)[nH]n2)n1. The third-order valence-corrected chi connectivity index (χ3v) is 4.17. The second kappa shape index (κ2) is 8.03. The lowest BCUT2D eigenvalue weighted by molar-refractivity contribution is 0.0981. The maximum atomic E-state index is 11.7. The number of hydrogen-bond donors (Lipinski definition) is 3. The van der Waals surface area contributed by atoms with Gasteiger partial charge in [0, 0.05) is 29.9 Å². The van der Waals surface area contributed by atoms with Crippen molar-refractivity contribution >= 4 is 17.7 Å². The fourth-order valence-corrected chi connectivity index (χ4v) is 3.00. The summed E-state index contributed by atoms with van der Waals surface area (Å²) in [5.41, 5.74) is 1.02. The lowest BCUT2D eigenvalue weighted by atomic mass is 10.0. The molecule has 1 saturated carbocycles. The van der Waals surface area contributed by atoms with Gasteiger partial charge in [-0.2, -0.15) is 10.1 Å². The second-order valence-corrected chi connectivity index (χ2v) is 6.60. The Morgan fingerprint density at radius 3 is 2.96 bits per heavy atom. The number of aromatic amines is 1. The van der Waals surface area contributed by atoms with Gasteiger partial charge in [0.05, 0.1) is 7.11 Å². The Morgan fingerprint density at radius 1 is 1.35 bits per heavy atom. The van der Waals surface area contributed by atoms with E-state index < -0.39 is 0 Å². The third kappa shape index (κ3) is 4.62. The molecule has 3 N–H and O–H groups in total. The molecule has 0 aromatic carbocycles. The van der Waals surface area contributed by atoms with Gasteiger partial charge in [-0.1, -0.05) is 0 Å². The Kier molecular flexibility index (Phi) is 5.55. The van der Waals surface area contributed by atoms with Crippen molar-refractivity contribution in [1.82, 2.24) is 25.5 Å². The quantitative estimate of drug-likeness (QED) is 0.725. The molecule has 140 valence electrons. The number of nitrogens with zero attached hydrogens (tertiary/aromatic N) is 3. The van der Waals surface area contributed by atoms with Crippen LogP contribution in [0.2, 0.25) is 0 Å². The number of amides is 1. The van der Waals surface area contributed by atoms with Crippen LogP contribution >= 0.6 is 0 Å². The molecular formula is C17H24N6O3. The van der Waals surface area contributed by atoms with Gasteiger partial charge in [0.2, 0.25) is 0 Å². The number of H-pyrrole nitrogens is 1. The smallest absolute Gasteiger partial charge is 0.407 e. The number of rotatable bonds is 6. The first kappa shape index (κ1) is 18.0. The van der Waals surface area contributed by atoms with Crippen LogP contribution in [0.15, 0.2) is 18.3 Å². The Labute approximate surface area is 151 Å². The first-order valence-electron chi connectivity index (χ1n) is 8.70. The van der Waals surface area contributed by atoms with Gasteiger partial charge in [-0.05, 0) is 39.2 Å². The van der Waals surface area contributed by atoms with Crippen molar-refractivity contribution in [1.29, 1.82) is 0 Å². The first-order valence-corrected chi connectivity index (χ1v) is 8.70. The molecule has 1 aliphatic carbocycles. The fourth-order valence-electron chi connectivity index (χ4n) is 3.00. The van der Waals surface area contributed by atoms with E-state index in [0.29, 0.717) is 17.6 Å². The van der Waals surface area contributed by atoms with Gasteiger partial charge in [0.15, 0.2) is 5.82 Å². The lowest BCUT2D eigenvalue weighted by Gasteiger charge is -2.14. The van der Waals surface area contributed by atoms with Crippen LogP contribution in [0.3, 0.4) is 0 Å². The van der Waals surface area contributed by atoms with Crippen molar-refractivity contribution in [2.75, 3.05) is 12.4 Å². The first-order chi connectivity index (χ1) is 12.5. The normalized spacial score (nSPS) is 19.4. The minimum atomic E-state index is -0.352. The minimum absolute atomic E-state index is 0.0652. The largest absolute Gasteiger partial charge is 0.467 e. The predicted octanol–water partition coefficient (Wildman–Crippen LogP) is 2.72. The summed E-state index contributed by atoms with van der Waals surface area (Å²) in [7, 11) is 1.52. The number of anilines is 2. The highest BCUT2D eigenvalue weighted by Gasteiger charge is 2.30. The van der Waals surface area contributed by atoms with E-state index >= 15 is 0 Å². The van der Waals surface area contributed by atoms with E-state index in [1.165, 1.54) is 7.11 Å². The number of ether oxygens (including phenoxy) is 2. The van der Waals surface area contributed by atoms with Crippen LogP contribution in [0.4, 0.5) is 16.4 Å². The highest BCUT2D eigenvalue weighted by molar-refractivity contribution is 5.67. The van der Waals surface area contributed by atoms with Crippen LogP contribution in [-0.2, 0) is 4.74 Å². The zero-order chi connectivity index (χ0) is 18.5. The molecule has 0 unspecified atom stereocenters. The van der Waals surface area contributed by atoms with Crippen LogP contribution in [0, 0.1) is 0 Å².